The van der Waals surface area contributed by atoms with Gasteiger partial charge in [0.05, 0.1) is 12.7 Å². The maximum absolute atomic E-state index is 13.6. The maximum Gasteiger partial charge on any atom is 0.276 e. The molecule has 6 unspecified atom stereocenters. The molecular weight excluding hydrogens is 1360 g/mol. The Morgan fingerprint density at radius 3 is 1.32 bits per heavy atom. The highest BCUT2D eigenvalue weighted by molar-refractivity contribution is 6.67. The van der Waals surface area contributed by atoms with Crippen LogP contribution in [0.25, 0.3) is 16.9 Å². The number of benzene rings is 6. The molecule has 3 fully saturated rings. The number of amides is 1. The monoisotopic (exact) mass is 1460 g/mol. The van der Waals surface area contributed by atoms with Gasteiger partial charge in [-0.1, -0.05) is 147 Å². The first kappa shape index (κ1) is 82.6. The van der Waals surface area contributed by atoms with Crippen LogP contribution in [0.4, 0.5) is 13.2 Å². The molecular formula is C80H100ClF3N16O5. The molecule has 0 saturated carbocycles. The van der Waals surface area contributed by atoms with Gasteiger partial charge in [0, 0.05) is 99.9 Å². The molecule has 10 aromatic rings. The third-order valence-electron chi connectivity index (χ3n) is 19.1. The van der Waals surface area contributed by atoms with E-state index >= 15 is 0 Å². The normalized spacial score (nSPS) is 17.7. The fourth-order valence-corrected chi connectivity index (χ4v) is 13.5. The van der Waals surface area contributed by atoms with Gasteiger partial charge in [-0.15, -0.1) is 20.4 Å². The maximum atomic E-state index is 13.6. The highest BCUT2D eigenvalue weighted by Crippen LogP contribution is 2.34. The molecule has 105 heavy (non-hydrogen) atoms. The zero-order valence-corrected chi connectivity index (χ0v) is 60.6. The number of hydrogen-bond acceptors (Lipinski definition) is 16. The summed E-state index contributed by atoms with van der Waals surface area (Å²) in [5.74, 6) is 2.52. The van der Waals surface area contributed by atoms with Crippen molar-refractivity contribution in [3.8, 4) is 11.4 Å². The number of nitrogens with one attached hydrogen (secondary N) is 4. The number of aryl methyl sites for hydroxylation is 3. The van der Waals surface area contributed by atoms with Gasteiger partial charge in [-0.05, 0) is 158 Å². The smallest absolute Gasteiger partial charge is 0.276 e. The second-order valence-electron chi connectivity index (χ2n) is 26.6. The average Bonchev–Trinajstić information content (AvgIpc) is 1.64. The van der Waals surface area contributed by atoms with E-state index in [1.165, 1.54) is 91.1 Å². The van der Waals surface area contributed by atoms with Crippen LogP contribution in [0.2, 0.25) is 0 Å². The van der Waals surface area contributed by atoms with E-state index in [2.05, 4.69) is 167 Å². The van der Waals surface area contributed by atoms with Gasteiger partial charge < -0.3 is 30.9 Å². The van der Waals surface area contributed by atoms with E-state index in [-0.39, 0.29) is 85.4 Å². The Morgan fingerprint density at radius 1 is 0.533 bits per heavy atom. The topological polar surface area (TPSA) is 265 Å². The van der Waals surface area contributed by atoms with Crippen molar-refractivity contribution < 1.29 is 22.8 Å². The summed E-state index contributed by atoms with van der Waals surface area (Å²) in [4.78, 5) is 82.8. The fraction of sp³-hybridized carbons (Fsp3) is 0.388. The summed E-state index contributed by atoms with van der Waals surface area (Å²) in [6, 6.07) is 43.4. The molecule has 7 heterocycles. The van der Waals surface area contributed by atoms with Crippen LogP contribution in [0.3, 0.4) is 0 Å². The Balaban J connectivity index is 0.000000197. The number of nitrogens with two attached hydrogens (primary N) is 1. The Kier molecular flexibility index (Phi) is 31.0. The van der Waals surface area contributed by atoms with Crippen LogP contribution in [0.5, 0.6) is 0 Å². The van der Waals surface area contributed by atoms with Gasteiger partial charge in [-0.3, -0.25) is 38.7 Å². The van der Waals surface area contributed by atoms with Crippen molar-refractivity contribution in [1.29, 1.82) is 0 Å². The van der Waals surface area contributed by atoms with Crippen molar-refractivity contribution in [1.82, 2.24) is 74.9 Å². The molecule has 0 spiro atoms. The first-order valence-electron chi connectivity index (χ1n) is 34.9. The van der Waals surface area contributed by atoms with Gasteiger partial charge in [0.1, 0.15) is 46.3 Å². The predicted octanol–water partition coefficient (Wildman–Crippen LogP) is 12.5. The van der Waals surface area contributed by atoms with Crippen LogP contribution in [0.1, 0.15) is 157 Å². The number of hydrogen-bond donors (Lipinski definition) is 5. The second kappa shape index (κ2) is 39.4. The quantitative estimate of drug-likeness (QED) is 0.0500. The molecule has 13 rings (SSSR count). The molecule has 6 atom stereocenters. The lowest BCUT2D eigenvalue weighted by Crippen LogP contribution is -2.30. The minimum atomic E-state index is -0.553. The largest absolute Gasteiger partial charge is 0.346 e. The number of H-pyrrole nitrogens is 3. The lowest BCUT2D eigenvalue weighted by atomic mass is 9.97. The van der Waals surface area contributed by atoms with E-state index in [0.29, 0.717) is 68.8 Å². The SMILES string of the molecule is C.C.CC1CN(Cc2ccccc2)CC1c1nnc(CN)c(=O)[nH]1.CCN(CC)CC.Cc1cc(F)ccc1-c1ncc2c(=O)[nH]c(C3CN(Cc4ccccc4)CC3C)nn12.Cc1cc(F)ccc1C(=O)Cl.Cc1cc(F)ccc1C(=O)NCc1nnc(C2CN(Cc3ccccc3)CC2C)[nH]c1=O. The summed E-state index contributed by atoms with van der Waals surface area (Å²) in [7, 11) is 0. The van der Waals surface area contributed by atoms with E-state index in [1.54, 1.807) is 24.4 Å². The van der Waals surface area contributed by atoms with Crippen molar-refractivity contribution in [2.45, 2.75) is 128 Å². The third kappa shape index (κ3) is 22.4. The molecule has 25 heteroatoms. The summed E-state index contributed by atoms with van der Waals surface area (Å²) in [5.41, 5.74) is 12.6. The zero-order chi connectivity index (χ0) is 73.9. The molecule has 558 valence electrons. The number of carbonyl (C=O) groups is 2. The summed E-state index contributed by atoms with van der Waals surface area (Å²) in [6.07, 6.45) is 1.52. The number of aromatic nitrogens is 10. The standard InChI is InChI=1S/C24H26FN5O2.C24H24FN5O.C16H21N5O.C8H6ClFO.C6H15N.2CH4/c1-15-10-18(25)8-9-19(15)23(31)26-11-21-24(32)27-22(29-28-21)20-14-30(12-16(20)2)13-17-6-4-3-5-7-17;1-15-10-18(25)8-9-19(15)23-26-11-21-24(31)27-22(28-30(21)23)20-14-29(12-16(20)2)13-17-6-4-3-5-7-17;1-11-8-21(9-12-5-3-2-4-6-12)10-13(11)15-18-16(22)14(7-17)19-20-15;1-5-4-6(10)2-3-7(5)8(9)11;1-4-7(5-2)6-3;;/h3-10,16,20H,11-14H2,1-2H3,(H,26,31)(H,27,29,32);3-11,16,20H,12-14H2,1-2H3,(H,27,28,31);2-6,11,13H,7-10,17H2,1H3,(H,18,20,22);2-4H,1H3;4-6H2,1-3H3;2*1H4. The van der Waals surface area contributed by atoms with Gasteiger partial charge in [0.25, 0.3) is 27.8 Å². The molecule has 1 amide bonds. The van der Waals surface area contributed by atoms with Gasteiger partial charge in [0.15, 0.2) is 11.3 Å². The highest BCUT2D eigenvalue weighted by atomic mass is 35.5. The van der Waals surface area contributed by atoms with E-state index < -0.39 is 17.0 Å². The van der Waals surface area contributed by atoms with Gasteiger partial charge in [-0.25, -0.2) is 22.7 Å². The molecule has 3 aliphatic heterocycles. The number of rotatable bonds is 18. The van der Waals surface area contributed by atoms with Crippen LogP contribution in [0.15, 0.2) is 166 Å². The fourth-order valence-electron chi connectivity index (χ4n) is 13.3. The van der Waals surface area contributed by atoms with Crippen LogP contribution < -0.4 is 27.7 Å². The number of fused-ring (bicyclic) bond motifs is 1. The minimum absolute atomic E-state index is 0. The molecule has 4 aromatic heterocycles. The van der Waals surface area contributed by atoms with Gasteiger partial charge >= 0.3 is 0 Å². The Bertz CT molecular complexity index is 4630. The third-order valence-corrected chi connectivity index (χ3v) is 19.3. The molecule has 0 aliphatic carbocycles. The lowest BCUT2D eigenvalue weighted by Gasteiger charge is -2.16. The predicted molar refractivity (Wildman–Crippen MR) is 408 cm³/mol. The van der Waals surface area contributed by atoms with Crippen LogP contribution in [-0.4, -0.2) is 140 Å². The Morgan fingerprint density at radius 2 is 0.933 bits per heavy atom. The molecule has 21 nitrogen and oxygen atoms in total. The molecule has 3 saturated heterocycles. The van der Waals surface area contributed by atoms with Crippen molar-refractivity contribution in [2.24, 2.45) is 23.5 Å². The van der Waals surface area contributed by atoms with Gasteiger partial charge in [0.2, 0.25) is 0 Å². The van der Waals surface area contributed by atoms with Crippen molar-refractivity contribution in [3.05, 3.63) is 274 Å². The lowest BCUT2D eigenvalue weighted by molar-refractivity contribution is 0.0949. The summed E-state index contributed by atoms with van der Waals surface area (Å²) in [5, 5.41) is 23.4. The number of imidazole rings is 1. The molecule has 6 N–H and O–H groups in total. The molecule has 3 aliphatic rings. The minimum Gasteiger partial charge on any atom is -0.346 e. The Hall–Kier alpha value is -9.69. The van der Waals surface area contributed by atoms with Crippen molar-refractivity contribution in [3.63, 3.8) is 0 Å². The highest BCUT2D eigenvalue weighted by Gasteiger charge is 2.36. The van der Waals surface area contributed by atoms with E-state index in [0.717, 1.165) is 70.0 Å². The summed E-state index contributed by atoms with van der Waals surface area (Å²) >= 11 is 5.20. The second-order valence-corrected chi connectivity index (χ2v) is 27.0. The van der Waals surface area contributed by atoms with E-state index in [4.69, 9.17) is 22.4 Å². The number of halogens is 4. The van der Waals surface area contributed by atoms with Crippen LogP contribution in [0, 0.1) is 56.0 Å². The summed E-state index contributed by atoms with van der Waals surface area (Å²) < 4.78 is 40.9. The van der Waals surface area contributed by atoms with E-state index in [1.807, 2.05) is 37.3 Å². The number of carbonyl (C=O) groups excluding carboxylic acids is 2. The average molecular weight is 1460 g/mol. The van der Waals surface area contributed by atoms with Crippen LogP contribution in [-0.2, 0) is 32.7 Å². The van der Waals surface area contributed by atoms with E-state index in [9.17, 15) is 37.1 Å². The van der Waals surface area contributed by atoms with Crippen LogP contribution >= 0.6 is 11.6 Å². The zero-order valence-electron chi connectivity index (χ0n) is 59.8. The Labute approximate surface area is 617 Å². The molecule has 0 bridgehead atoms. The number of nitrogens with zero attached hydrogens (tertiary/aromatic N) is 11. The number of aromatic amines is 3. The first-order chi connectivity index (χ1) is 49.5. The summed E-state index contributed by atoms with van der Waals surface area (Å²) in [6.45, 7) is 29.8. The number of likely N-dealkylation sites (tertiary alicyclic amines) is 3. The van der Waals surface area contributed by atoms with Gasteiger partial charge in [-0.2, -0.15) is 5.10 Å². The molecule has 0 radical (unpaired) electrons. The van der Waals surface area contributed by atoms with Crippen molar-refractivity contribution >= 4 is 28.3 Å². The molecule has 6 aromatic carbocycles. The van der Waals surface area contributed by atoms with Crippen molar-refractivity contribution in [2.75, 3.05) is 58.9 Å². The first-order valence-corrected chi connectivity index (χ1v) is 35.3.